The average Bonchev–Trinajstić information content (AvgIpc) is 2.30. The first-order valence-electron chi connectivity index (χ1n) is 5.25. The summed E-state index contributed by atoms with van der Waals surface area (Å²) in [5, 5.41) is 14.0. The fourth-order valence-corrected chi connectivity index (χ4v) is 1.99. The highest BCUT2D eigenvalue weighted by Gasteiger charge is 2.16. The first-order chi connectivity index (χ1) is 7.27. The van der Waals surface area contributed by atoms with Crippen molar-refractivity contribution in [3.05, 3.63) is 39.9 Å². The molecule has 1 aromatic rings. The van der Waals surface area contributed by atoms with Gasteiger partial charge in [0.25, 0.3) is 5.69 Å². The number of halogens is 1. The van der Waals surface area contributed by atoms with Crippen molar-refractivity contribution in [2.24, 2.45) is 0 Å². The number of rotatable bonds is 2. The monoisotopic (exact) mass is 242 g/mol. The second-order valence-corrected chi connectivity index (χ2v) is 3.85. The lowest BCUT2D eigenvalue weighted by molar-refractivity contribution is -0.384. The summed E-state index contributed by atoms with van der Waals surface area (Å²) in [6.07, 6.45) is 3.47. The zero-order chi connectivity index (χ0) is 10.7. The van der Waals surface area contributed by atoms with Gasteiger partial charge in [-0.15, -0.1) is 12.4 Å². The number of benzene rings is 1. The zero-order valence-corrected chi connectivity index (χ0v) is 9.70. The predicted octanol–water partition coefficient (Wildman–Crippen LogP) is 2.83. The molecular weight excluding hydrogens is 228 g/mol. The van der Waals surface area contributed by atoms with Crippen molar-refractivity contribution in [3.8, 4) is 0 Å². The average molecular weight is 243 g/mol. The van der Waals surface area contributed by atoms with Gasteiger partial charge in [-0.1, -0.05) is 18.6 Å². The molecule has 1 N–H and O–H groups in total. The van der Waals surface area contributed by atoms with Crippen LogP contribution < -0.4 is 5.32 Å². The topological polar surface area (TPSA) is 55.2 Å². The van der Waals surface area contributed by atoms with Crippen molar-refractivity contribution in [2.45, 2.75) is 25.3 Å². The number of nitrogens with zero attached hydrogens (tertiary/aromatic N) is 1. The van der Waals surface area contributed by atoms with Crippen LogP contribution in [0, 0.1) is 10.1 Å². The number of nitro groups is 1. The molecule has 1 heterocycles. The van der Waals surface area contributed by atoms with Crippen LogP contribution in [0.4, 0.5) is 5.69 Å². The normalized spacial score (nSPS) is 19.9. The van der Waals surface area contributed by atoms with Gasteiger partial charge in [0.2, 0.25) is 0 Å². The first-order valence-corrected chi connectivity index (χ1v) is 5.25. The number of nitro benzene ring substituents is 1. The van der Waals surface area contributed by atoms with E-state index in [0.29, 0.717) is 6.04 Å². The van der Waals surface area contributed by atoms with E-state index in [-0.39, 0.29) is 23.0 Å². The van der Waals surface area contributed by atoms with Crippen molar-refractivity contribution in [1.82, 2.24) is 5.32 Å². The Kier molecular flexibility index (Phi) is 4.71. The van der Waals surface area contributed by atoms with E-state index in [9.17, 15) is 10.1 Å². The van der Waals surface area contributed by atoms with Gasteiger partial charge < -0.3 is 5.32 Å². The van der Waals surface area contributed by atoms with Gasteiger partial charge in [0, 0.05) is 18.2 Å². The molecule has 88 valence electrons. The van der Waals surface area contributed by atoms with Crippen LogP contribution in [-0.4, -0.2) is 11.5 Å². The Labute approximate surface area is 101 Å². The van der Waals surface area contributed by atoms with Crippen molar-refractivity contribution in [3.63, 3.8) is 0 Å². The number of non-ortho nitro benzene ring substituents is 1. The van der Waals surface area contributed by atoms with Gasteiger partial charge in [-0.3, -0.25) is 10.1 Å². The Balaban J connectivity index is 0.00000128. The van der Waals surface area contributed by atoms with Gasteiger partial charge >= 0.3 is 0 Å². The Bertz CT molecular complexity index is 365. The molecule has 0 aliphatic carbocycles. The lowest BCUT2D eigenvalue weighted by Crippen LogP contribution is -2.26. The van der Waals surface area contributed by atoms with Crippen molar-refractivity contribution >= 4 is 18.1 Å². The van der Waals surface area contributed by atoms with Gasteiger partial charge in [0.1, 0.15) is 0 Å². The fourth-order valence-electron chi connectivity index (χ4n) is 1.99. The van der Waals surface area contributed by atoms with E-state index in [1.165, 1.54) is 18.9 Å². The Morgan fingerprint density at radius 2 is 2.19 bits per heavy atom. The summed E-state index contributed by atoms with van der Waals surface area (Å²) in [5.74, 6) is 0. The van der Waals surface area contributed by atoms with Crippen molar-refractivity contribution in [1.29, 1.82) is 0 Å². The van der Waals surface area contributed by atoms with E-state index in [1.54, 1.807) is 12.1 Å². The highest BCUT2D eigenvalue weighted by molar-refractivity contribution is 5.85. The van der Waals surface area contributed by atoms with Crippen molar-refractivity contribution < 1.29 is 4.92 Å². The summed E-state index contributed by atoms with van der Waals surface area (Å²) in [6.45, 7) is 1.01. The Morgan fingerprint density at radius 1 is 1.38 bits per heavy atom. The smallest absolute Gasteiger partial charge is 0.269 e. The second kappa shape index (κ2) is 5.82. The molecule has 0 saturated carbocycles. The van der Waals surface area contributed by atoms with Gasteiger partial charge in [0.05, 0.1) is 4.92 Å². The highest BCUT2D eigenvalue weighted by Crippen LogP contribution is 2.25. The molecule has 0 radical (unpaired) electrons. The van der Waals surface area contributed by atoms with Gasteiger partial charge in [-0.2, -0.15) is 0 Å². The van der Waals surface area contributed by atoms with E-state index in [4.69, 9.17) is 0 Å². The van der Waals surface area contributed by atoms with Crippen LogP contribution in [0.1, 0.15) is 30.9 Å². The van der Waals surface area contributed by atoms with E-state index in [2.05, 4.69) is 5.32 Å². The van der Waals surface area contributed by atoms with Gasteiger partial charge in [-0.25, -0.2) is 0 Å². The van der Waals surface area contributed by atoms with Crippen LogP contribution in [-0.2, 0) is 0 Å². The second-order valence-electron chi connectivity index (χ2n) is 3.85. The molecule has 0 spiro atoms. The predicted molar refractivity (Wildman–Crippen MR) is 64.9 cm³/mol. The molecule has 1 aliphatic rings. The van der Waals surface area contributed by atoms with Crippen molar-refractivity contribution in [2.75, 3.05) is 6.54 Å². The van der Waals surface area contributed by atoms with Gasteiger partial charge in [-0.05, 0) is 24.9 Å². The van der Waals surface area contributed by atoms with Crippen LogP contribution in [0.2, 0.25) is 0 Å². The molecule has 4 nitrogen and oxygen atoms in total. The molecule has 0 bridgehead atoms. The maximum Gasteiger partial charge on any atom is 0.269 e. The maximum absolute atomic E-state index is 10.6. The summed E-state index contributed by atoms with van der Waals surface area (Å²) in [6, 6.07) is 7.20. The standard InChI is InChI=1S/C11H14N2O2.ClH/c14-13(15)10-5-3-4-9(8-10)11-6-1-2-7-12-11;/h3-5,8,11-12H,1-2,6-7H2;1H. The molecule has 1 aliphatic heterocycles. The third-order valence-corrected chi connectivity index (χ3v) is 2.79. The van der Waals surface area contributed by atoms with E-state index >= 15 is 0 Å². The summed E-state index contributed by atoms with van der Waals surface area (Å²) in [7, 11) is 0. The molecule has 1 fully saturated rings. The Morgan fingerprint density at radius 3 is 2.81 bits per heavy atom. The molecule has 0 amide bonds. The largest absolute Gasteiger partial charge is 0.310 e. The minimum atomic E-state index is -0.341. The summed E-state index contributed by atoms with van der Waals surface area (Å²) in [4.78, 5) is 10.3. The molecule has 16 heavy (non-hydrogen) atoms. The van der Waals surface area contributed by atoms with Crippen LogP contribution in [0.25, 0.3) is 0 Å². The molecule has 0 aromatic heterocycles. The first kappa shape index (κ1) is 12.9. The molecular formula is C11H15ClN2O2. The summed E-state index contributed by atoms with van der Waals surface area (Å²) in [5.41, 5.74) is 1.21. The number of hydrogen-bond donors (Lipinski definition) is 1. The molecule has 1 saturated heterocycles. The van der Waals surface area contributed by atoms with Gasteiger partial charge in [0.15, 0.2) is 0 Å². The van der Waals surface area contributed by atoms with E-state index in [1.807, 2.05) is 6.07 Å². The molecule has 1 atom stereocenters. The maximum atomic E-state index is 10.6. The molecule has 5 heteroatoms. The molecule has 1 aromatic carbocycles. The van der Waals surface area contributed by atoms with Crippen LogP contribution in [0.5, 0.6) is 0 Å². The van der Waals surface area contributed by atoms with E-state index in [0.717, 1.165) is 18.5 Å². The van der Waals surface area contributed by atoms with Crippen LogP contribution in [0.15, 0.2) is 24.3 Å². The van der Waals surface area contributed by atoms with E-state index < -0.39 is 0 Å². The summed E-state index contributed by atoms with van der Waals surface area (Å²) >= 11 is 0. The lowest BCUT2D eigenvalue weighted by Gasteiger charge is -2.23. The molecule has 2 rings (SSSR count). The fraction of sp³-hybridized carbons (Fsp3) is 0.455. The van der Waals surface area contributed by atoms with Crippen LogP contribution >= 0.6 is 12.4 Å². The SMILES string of the molecule is Cl.O=[N+]([O-])c1cccc(C2CCCCN2)c1. The third kappa shape index (κ3) is 2.93. The minimum absolute atomic E-state index is 0. The quantitative estimate of drug-likeness (QED) is 0.641. The highest BCUT2D eigenvalue weighted by atomic mass is 35.5. The number of hydrogen-bond acceptors (Lipinski definition) is 3. The minimum Gasteiger partial charge on any atom is -0.310 e. The third-order valence-electron chi connectivity index (χ3n) is 2.79. The summed E-state index contributed by atoms with van der Waals surface area (Å²) < 4.78 is 0. The zero-order valence-electron chi connectivity index (χ0n) is 8.89. The Hall–Kier alpha value is -1.13. The number of nitrogens with one attached hydrogen (secondary N) is 1. The molecule has 1 unspecified atom stereocenters. The lowest BCUT2D eigenvalue weighted by atomic mass is 9.97. The number of piperidine rings is 1. The van der Waals surface area contributed by atoms with Crippen LogP contribution in [0.3, 0.4) is 0 Å².